The van der Waals surface area contributed by atoms with Gasteiger partial charge in [-0.2, -0.15) is 0 Å². The second-order valence-electron chi connectivity index (χ2n) is 6.85. The molecule has 0 aliphatic carbocycles. The molecule has 1 amide bonds. The minimum absolute atomic E-state index is 0.133. The van der Waals surface area contributed by atoms with Gasteiger partial charge in [0, 0.05) is 17.1 Å². The summed E-state index contributed by atoms with van der Waals surface area (Å²) in [6.45, 7) is 0.628. The van der Waals surface area contributed by atoms with E-state index < -0.39 is 11.7 Å². The summed E-state index contributed by atoms with van der Waals surface area (Å²) < 4.78 is 16.1. The summed E-state index contributed by atoms with van der Waals surface area (Å²) in [5.41, 5.74) is 10.0. The molecular weight excluding hydrogens is 369 g/mol. The molecule has 0 unspecified atom stereocenters. The molecule has 0 radical (unpaired) electrons. The Balaban J connectivity index is 1.48. The lowest BCUT2D eigenvalue weighted by atomic mass is 10.1. The van der Waals surface area contributed by atoms with Crippen molar-refractivity contribution in [1.82, 2.24) is 19.7 Å². The quantitative estimate of drug-likeness (QED) is 0.492. The first-order chi connectivity index (χ1) is 14.1. The number of hydrogen-bond donors (Lipinski definition) is 2. The van der Waals surface area contributed by atoms with E-state index in [9.17, 15) is 9.18 Å². The topological polar surface area (TPSA) is 89.6 Å². The van der Waals surface area contributed by atoms with E-state index in [0.29, 0.717) is 17.8 Å². The fourth-order valence-corrected chi connectivity index (χ4v) is 3.44. The predicted molar refractivity (Wildman–Crippen MR) is 109 cm³/mol. The van der Waals surface area contributed by atoms with E-state index in [0.717, 1.165) is 27.6 Å². The molecular formula is C22H16FN5O. The van der Waals surface area contributed by atoms with Crippen LogP contribution in [0.5, 0.6) is 0 Å². The van der Waals surface area contributed by atoms with E-state index in [1.165, 1.54) is 12.1 Å². The third-order valence-corrected chi connectivity index (χ3v) is 4.92. The van der Waals surface area contributed by atoms with Gasteiger partial charge in [0.1, 0.15) is 5.82 Å². The number of halogens is 1. The first-order valence-corrected chi connectivity index (χ1v) is 9.07. The summed E-state index contributed by atoms with van der Waals surface area (Å²) >= 11 is 0. The lowest BCUT2D eigenvalue weighted by molar-refractivity contribution is 0.0996. The number of benzene rings is 2. The summed E-state index contributed by atoms with van der Waals surface area (Å²) in [5, 5.41) is 4.33. The van der Waals surface area contributed by atoms with Crippen LogP contribution >= 0.6 is 0 Å². The van der Waals surface area contributed by atoms with Gasteiger partial charge in [-0.25, -0.2) is 9.37 Å². The number of fused-ring (bicyclic) bond motifs is 2. The second-order valence-corrected chi connectivity index (χ2v) is 6.85. The number of aromatic nitrogens is 4. The van der Waals surface area contributed by atoms with E-state index in [4.69, 9.17) is 5.73 Å². The minimum atomic E-state index is -0.792. The number of nitrogens with two attached hydrogens (primary N) is 1. The molecule has 0 atom stereocenters. The van der Waals surface area contributed by atoms with Crippen molar-refractivity contribution in [3.63, 3.8) is 0 Å². The summed E-state index contributed by atoms with van der Waals surface area (Å²) in [6.07, 6.45) is 1.78. The van der Waals surface area contributed by atoms with Gasteiger partial charge in [-0.15, -0.1) is 0 Å². The van der Waals surface area contributed by atoms with Crippen LogP contribution in [0.25, 0.3) is 33.3 Å². The molecule has 3 N–H and O–H groups in total. The molecule has 0 aliphatic heterocycles. The van der Waals surface area contributed by atoms with Gasteiger partial charge in [0.15, 0.2) is 5.65 Å². The Morgan fingerprint density at radius 1 is 1.10 bits per heavy atom. The van der Waals surface area contributed by atoms with Gasteiger partial charge in [0.25, 0.3) is 5.91 Å². The van der Waals surface area contributed by atoms with Crippen LogP contribution in [-0.2, 0) is 6.54 Å². The SMILES string of the molecule is NC(=O)c1ccc(-c2ccc3[nH]n(Cc4ccc5ncccc5c4)c3n2)cc1F. The third-order valence-electron chi connectivity index (χ3n) is 4.92. The van der Waals surface area contributed by atoms with Crippen molar-refractivity contribution < 1.29 is 9.18 Å². The van der Waals surface area contributed by atoms with Crippen molar-refractivity contribution in [2.45, 2.75) is 6.54 Å². The zero-order valence-electron chi connectivity index (χ0n) is 15.3. The Kier molecular flexibility index (Phi) is 3.87. The van der Waals surface area contributed by atoms with E-state index in [-0.39, 0.29) is 5.56 Å². The molecule has 0 fully saturated rings. The lowest BCUT2D eigenvalue weighted by Gasteiger charge is -2.17. The third kappa shape index (κ3) is 3.02. The molecule has 0 bridgehead atoms. The molecule has 2 aromatic carbocycles. The summed E-state index contributed by atoms with van der Waals surface area (Å²) in [6, 6.07) is 18.1. The number of nitrogens with zero attached hydrogens (tertiary/aromatic N) is 3. The summed E-state index contributed by atoms with van der Waals surface area (Å²) in [7, 11) is 0. The Morgan fingerprint density at radius 2 is 2.00 bits per heavy atom. The fraction of sp³-hybridized carbons (Fsp3) is 0.0455. The van der Waals surface area contributed by atoms with Crippen molar-refractivity contribution in [1.29, 1.82) is 0 Å². The predicted octanol–water partition coefficient (Wildman–Crippen LogP) is 3.87. The van der Waals surface area contributed by atoms with Gasteiger partial charge in [0.05, 0.1) is 28.8 Å². The van der Waals surface area contributed by atoms with Crippen LogP contribution in [0, 0.1) is 5.82 Å². The number of carbonyl (C=O) groups excluding carboxylic acids is 1. The highest BCUT2D eigenvalue weighted by atomic mass is 19.1. The fourth-order valence-electron chi connectivity index (χ4n) is 3.44. The van der Waals surface area contributed by atoms with Crippen LogP contribution in [0.3, 0.4) is 0 Å². The van der Waals surface area contributed by atoms with Gasteiger partial charge < -0.3 is 5.73 Å². The van der Waals surface area contributed by atoms with Crippen LogP contribution in [-0.4, -0.2) is 25.7 Å². The van der Waals surface area contributed by atoms with Gasteiger partial charge >= 0.3 is 0 Å². The van der Waals surface area contributed by atoms with Gasteiger partial charge in [-0.05, 0) is 48.0 Å². The van der Waals surface area contributed by atoms with Crippen LogP contribution in [0.1, 0.15) is 15.9 Å². The Hall–Kier alpha value is -4.00. The normalized spacial score (nSPS) is 11.3. The van der Waals surface area contributed by atoms with Crippen molar-refractivity contribution >= 4 is 28.0 Å². The van der Waals surface area contributed by atoms with Crippen molar-refractivity contribution in [3.8, 4) is 11.3 Å². The molecule has 29 heavy (non-hydrogen) atoms. The average molecular weight is 385 g/mol. The standard InChI is InChI=1S/C22H16FN5O/c23-17-11-15(4-5-16(17)21(24)29)19-7-8-20-22(26-19)28(27-20)12-13-3-6-18-14(10-13)2-1-9-25-18/h1-11,27H,12H2,(H2,24,29). The molecule has 3 aromatic heterocycles. The number of primary amides is 1. The molecule has 5 aromatic rings. The summed E-state index contributed by atoms with van der Waals surface area (Å²) in [5.74, 6) is -1.45. The largest absolute Gasteiger partial charge is 0.366 e. The molecule has 5 rings (SSSR count). The molecule has 0 aliphatic rings. The van der Waals surface area contributed by atoms with E-state index in [1.807, 2.05) is 41.1 Å². The highest BCUT2D eigenvalue weighted by Crippen LogP contribution is 2.24. The number of amides is 1. The van der Waals surface area contributed by atoms with Gasteiger partial charge in [0.2, 0.25) is 0 Å². The maximum atomic E-state index is 14.1. The second kappa shape index (κ2) is 6.56. The van der Waals surface area contributed by atoms with Crippen molar-refractivity contribution in [2.24, 2.45) is 5.73 Å². The number of H-pyrrole nitrogens is 1. The van der Waals surface area contributed by atoms with E-state index in [1.54, 1.807) is 12.3 Å². The molecule has 7 heteroatoms. The zero-order chi connectivity index (χ0) is 20.0. The number of aromatic amines is 1. The number of hydrogen-bond acceptors (Lipinski definition) is 3. The molecule has 3 heterocycles. The Morgan fingerprint density at radius 3 is 2.83 bits per heavy atom. The molecule has 0 spiro atoms. The Labute approximate surface area is 164 Å². The zero-order valence-corrected chi connectivity index (χ0v) is 15.3. The van der Waals surface area contributed by atoms with Gasteiger partial charge in [-0.1, -0.05) is 18.2 Å². The first-order valence-electron chi connectivity index (χ1n) is 9.07. The molecule has 0 saturated carbocycles. The van der Waals surface area contributed by atoms with Gasteiger partial charge in [-0.3, -0.25) is 19.6 Å². The Bertz CT molecular complexity index is 1380. The van der Waals surface area contributed by atoms with E-state index in [2.05, 4.69) is 21.1 Å². The molecule has 6 nitrogen and oxygen atoms in total. The van der Waals surface area contributed by atoms with Crippen LogP contribution in [0.15, 0.2) is 66.9 Å². The number of pyridine rings is 2. The van der Waals surface area contributed by atoms with Crippen LogP contribution in [0.2, 0.25) is 0 Å². The molecule has 142 valence electrons. The minimum Gasteiger partial charge on any atom is -0.366 e. The highest BCUT2D eigenvalue weighted by molar-refractivity contribution is 5.93. The lowest BCUT2D eigenvalue weighted by Crippen LogP contribution is -2.14. The smallest absolute Gasteiger partial charge is 0.251 e. The number of nitrogens with one attached hydrogen (secondary N) is 1. The first kappa shape index (κ1) is 17.1. The maximum absolute atomic E-state index is 14.1. The van der Waals surface area contributed by atoms with Crippen LogP contribution < -0.4 is 5.73 Å². The number of rotatable bonds is 4. The monoisotopic (exact) mass is 385 g/mol. The van der Waals surface area contributed by atoms with E-state index >= 15 is 0 Å². The average Bonchev–Trinajstić information content (AvgIpc) is 2.71. The highest BCUT2D eigenvalue weighted by Gasteiger charge is 2.13. The number of carbonyl (C=O) groups is 1. The van der Waals surface area contributed by atoms with Crippen molar-refractivity contribution in [3.05, 3.63) is 83.8 Å². The maximum Gasteiger partial charge on any atom is 0.251 e. The van der Waals surface area contributed by atoms with Crippen molar-refractivity contribution in [2.75, 3.05) is 0 Å². The summed E-state index contributed by atoms with van der Waals surface area (Å²) in [4.78, 5) is 20.2. The van der Waals surface area contributed by atoms with Crippen LogP contribution in [0.4, 0.5) is 4.39 Å². The molecule has 0 saturated heterocycles.